The van der Waals surface area contributed by atoms with Crippen molar-refractivity contribution in [1.82, 2.24) is 4.90 Å². The number of aliphatic hydroxyl groups excluding tert-OH is 1. The fourth-order valence-corrected chi connectivity index (χ4v) is 4.22. The number of halogens is 1. The van der Waals surface area contributed by atoms with Crippen molar-refractivity contribution < 1.29 is 23.8 Å². The number of β-amino-alcohol motifs (C(OH)–C–C–N with tert-alkyl or cyclic N) is 1. The molecule has 33 heavy (non-hydrogen) atoms. The summed E-state index contributed by atoms with van der Waals surface area (Å²) in [6.45, 7) is 6.19. The largest absolute Gasteiger partial charge is 0.493 e. The van der Waals surface area contributed by atoms with Gasteiger partial charge in [0.25, 0.3) is 5.91 Å². The minimum Gasteiger partial charge on any atom is -0.493 e. The third-order valence-electron chi connectivity index (χ3n) is 5.66. The highest BCUT2D eigenvalue weighted by molar-refractivity contribution is 6.32. The van der Waals surface area contributed by atoms with E-state index in [4.69, 9.17) is 25.5 Å². The van der Waals surface area contributed by atoms with E-state index in [1.165, 1.54) is 12.0 Å². The highest BCUT2D eigenvalue weighted by Gasteiger charge is 2.42. The molecule has 174 valence electrons. The second-order valence-electron chi connectivity index (χ2n) is 8.51. The van der Waals surface area contributed by atoms with Gasteiger partial charge in [-0.15, -0.1) is 0 Å². The molecule has 0 spiro atoms. The average Bonchev–Trinajstić information content (AvgIpc) is 3.06. The van der Waals surface area contributed by atoms with Crippen molar-refractivity contribution in [2.75, 3.05) is 26.9 Å². The smallest absolute Gasteiger partial charge is 0.290 e. The van der Waals surface area contributed by atoms with Gasteiger partial charge in [-0.1, -0.05) is 31.5 Å². The first-order valence-corrected chi connectivity index (χ1v) is 11.1. The molecule has 0 radical (unpaired) electrons. The predicted molar refractivity (Wildman–Crippen MR) is 126 cm³/mol. The van der Waals surface area contributed by atoms with Gasteiger partial charge in [-0.2, -0.15) is 0 Å². The first-order chi connectivity index (χ1) is 15.8. The van der Waals surface area contributed by atoms with Gasteiger partial charge >= 0.3 is 0 Å². The second-order valence-corrected chi connectivity index (χ2v) is 8.92. The lowest BCUT2D eigenvalue weighted by Crippen LogP contribution is -2.32. The average molecular weight is 472 g/mol. The lowest BCUT2D eigenvalue weighted by Gasteiger charge is -2.25. The van der Waals surface area contributed by atoms with Gasteiger partial charge in [0.15, 0.2) is 16.9 Å². The summed E-state index contributed by atoms with van der Waals surface area (Å²) in [5.74, 6) is 0.923. The molecular weight excluding hydrogens is 446 g/mol. The Morgan fingerprint density at radius 2 is 1.94 bits per heavy atom. The van der Waals surface area contributed by atoms with E-state index in [0.717, 1.165) is 5.56 Å². The Hall–Kier alpha value is -3.03. The summed E-state index contributed by atoms with van der Waals surface area (Å²) in [5.41, 5.74) is 1.58. The Morgan fingerprint density at radius 1 is 1.18 bits per heavy atom. The fourth-order valence-electron chi connectivity index (χ4n) is 4.06. The van der Waals surface area contributed by atoms with E-state index in [0.29, 0.717) is 45.6 Å². The van der Waals surface area contributed by atoms with Crippen molar-refractivity contribution in [1.29, 1.82) is 0 Å². The SMILES string of the molecule is COc1cc(C2c3c(oc4cc(C)c(Cl)cc4c3=O)C(=O)N2CCO)ccc1OCC(C)C. The molecule has 0 saturated heterocycles. The van der Waals surface area contributed by atoms with E-state index in [2.05, 4.69) is 0 Å². The normalized spacial score (nSPS) is 15.4. The van der Waals surface area contributed by atoms with Crippen molar-refractivity contribution in [2.24, 2.45) is 5.92 Å². The first kappa shape index (κ1) is 23.1. The number of nitrogens with zero attached hydrogens (tertiary/aromatic N) is 1. The van der Waals surface area contributed by atoms with Crippen LogP contribution in [0.3, 0.4) is 0 Å². The maximum atomic E-state index is 13.5. The standard InChI is InChI=1S/C25H26ClNO6/c1-13(2)12-32-18-6-5-15(10-20(18)31-4)22-21-23(29)16-11-17(26)14(3)9-19(16)33-24(21)25(30)27(22)7-8-28/h5-6,9-11,13,22,28H,7-8,12H2,1-4H3. The minimum atomic E-state index is -0.742. The molecule has 1 aliphatic heterocycles. The molecule has 1 N–H and O–H groups in total. The Kier molecular flexibility index (Phi) is 6.36. The van der Waals surface area contributed by atoms with Gasteiger partial charge in [0, 0.05) is 11.6 Å². The van der Waals surface area contributed by atoms with Crippen LogP contribution in [0.4, 0.5) is 0 Å². The summed E-state index contributed by atoms with van der Waals surface area (Å²) in [4.78, 5) is 28.2. The van der Waals surface area contributed by atoms with Crippen LogP contribution in [0.5, 0.6) is 11.5 Å². The monoisotopic (exact) mass is 471 g/mol. The van der Waals surface area contributed by atoms with Gasteiger partial charge < -0.3 is 23.9 Å². The number of benzene rings is 2. The number of carbonyl (C=O) groups excluding carboxylic acids is 1. The van der Waals surface area contributed by atoms with Gasteiger partial charge in [0.2, 0.25) is 5.76 Å². The molecule has 1 unspecified atom stereocenters. The molecule has 7 nitrogen and oxygen atoms in total. The number of hydrogen-bond acceptors (Lipinski definition) is 6. The van der Waals surface area contributed by atoms with Crippen LogP contribution in [-0.2, 0) is 0 Å². The van der Waals surface area contributed by atoms with Crippen molar-refractivity contribution in [3.05, 3.63) is 68.0 Å². The highest BCUT2D eigenvalue weighted by Crippen LogP contribution is 2.41. The predicted octanol–water partition coefficient (Wildman–Crippen LogP) is 4.34. The summed E-state index contributed by atoms with van der Waals surface area (Å²) < 4.78 is 17.3. The van der Waals surface area contributed by atoms with E-state index in [1.54, 1.807) is 37.3 Å². The van der Waals surface area contributed by atoms with Crippen LogP contribution < -0.4 is 14.9 Å². The molecule has 1 atom stereocenters. The summed E-state index contributed by atoms with van der Waals surface area (Å²) in [7, 11) is 1.53. The lowest BCUT2D eigenvalue weighted by molar-refractivity contribution is 0.0691. The van der Waals surface area contributed by atoms with Gasteiger partial charge in [-0.05, 0) is 48.2 Å². The molecule has 2 heterocycles. The van der Waals surface area contributed by atoms with Gasteiger partial charge in [0.05, 0.1) is 37.3 Å². The summed E-state index contributed by atoms with van der Waals surface area (Å²) in [6.07, 6.45) is 0. The number of methoxy groups -OCH3 is 1. The number of carbonyl (C=O) groups is 1. The second kappa shape index (κ2) is 9.08. The van der Waals surface area contributed by atoms with Crippen LogP contribution in [0.2, 0.25) is 5.02 Å². The molecule has 0 aliphatic carbocycles. The number of aryl methyl sites for hydroxylation is 1. The third-order valence-corrected chi connectivity index (χ3v) is 6.07. The van der Waals surface area contributed by atoms with Crippen molar-refractivity contribution in [3.63, 3.8) is 0 Å². The molecular formula is C25H26ClNO6. The molecule has 8 heteroatoms. The number of aliphatic hydroxyl groups is 1. The zero-order chi connectivity index (χ0) is 23.9. The molecule has 0 bridgehead atoms. The minimum absolute atomic E-state index is 0.0215. The third kappa shape index (κ3) is 4.07. The van der Waals surface area contributed by atoms with E-state index in [1.807, 2.05) is 13.8 Å². The summed E-state index contributed by atoms with van der Waals surface area (Å²) in [5, 5.41) is 10.4. The number of rotatable bonds is 7. The Labute approximate surface area is 196 Å². The van der Waals surface area contributed by atoms with Crippen molar-refractivity contribution >= 4 is 28.5 Å². The fraction of sp³-hybridized carbons (Fsp3) is 0.360. The molecule has 1 aromatic heterocycles. The highest BCUT2D eigenvalue weighted by atomic mass is 35.5. The van der Waals surface area contributed by atoms with Crippen LogP contribution in [0.1, 0.15) is 47.1 Å². The number of amides is 1. The molecule has 4 rings (SSSR count). The maximum Gasteiger partial charge on any atom is 0.290 e. The van der Waals surface area contributed by atoms with E-state index < -0.39 is 11.9 Å². The van der Waals surface area contributed by atoms with Crippen LogP contribution in [0, 0.1) is 12.8 Å². The van der Waals surface area contributed by atoms with Crippen LogP contribution >= 0.6 is 11.6 Å². The van der Waals surface area contributed by atoms with E-state index >= 15 is 0 Å². The Balaban J connectivity index is 1.90. The van der Waals surface area contributed by atoms with Crippen LogP contribution in [0.25, 0.3) is 11.0 Å². The van der Waals surface area contributed by atoms with E-state index in [9.17, 15) is 14.7 Å². The molecule has 0 fully saturated rings. The van der Waals surface area contributed by atoms with Crippen LogP contribution in [-0.4, -0.2) is 42.8 Å². The maximum absolute atomic E-state index is 13.5. The first-order valence-electron chi connectivity index (χ1n) is 10.8. The number of fused-ring (bicyclic) bond motifs is 2. The zero-order valence-corrected chi connectivity index (χ0v) is 19.7. The van der Waals surface area contributed by atoms with Gasteiger partial charge in [0.1, 0.15) is 5.58 Å². The van der Waals surface area contributed by atoms with Gasteiger partial charge in [-0.3, -0.25) is 9.59 Å². The van der Waals surface area contributed by atoms with Crippen molar-refractivity contribution in [2.45, 2.75) is 26.8 Å². The number of hydrogen-bond donors (Lipinski definition) is 1. The molecule has 3 aromatic rings. The topological polar surface area (TPSA) is 89.2 Å². The molecule has 0 saturated carbocycles. The van der Waals surface area contributed by atoms with Crippen molar-refractivity contribution in [3.8, 4) is 11.5 Å². The molecule has 2 aromatic carbocycles. The quantitative estimate of drug-likeness (QED) is 0.551. The Morgan fingerprint density at radius 3 is 2.61 bits per heavy atom. The molecule has 1 aliphatic rings. The van der Waals surface area contributed by atoms with Crippen LogP contribution in [0.15, 0.2) is 39.5 Å². The number of ether oxygens (including phenoxy) is 2. The van der Waals surface area contributed by atoms with E-state index in [-0.39, 0.29) is 29.9 Å². The Bertz CT molecular complexity index is 1280. The lowest BCUT2D eigenvalue weighted by atomic mass is 9.97. The zero-order valence-electron chi connectivity index (χ0n) is 19.0. The van der Waals surface area contributed by atoms with Gasteiger partial charge in [-0.25, -0.2) is 0 Å². The summed E-state index contributed by atoms with van der Waals surface area (Å²) in [6, 6.07) is 7.78. The summed E-state index contributed by atoms with van der Waals surface area (Å²) >= 11 is 6.26. The molecule has 1 amide bonds.